The highest BCUT2D eigenvalue weighted by Gasteiger charge is 2.19. The number of halogens is 1. The van der Waals surface area contributed by atoms with Gasteiger partial charge in [0.2, 0.25) is 0 Å². The molecule has 6 heteroatoms. The van der Waals surface area contributed by atoms with Crippen LogP contribution in [0.2, 0.25) is 0 Å². The standard InChI is InChI=1S/C16H20N2O2S.ClH/c1-16(2,11-17)18-15(19)12-5-3-6-13(9-12)20-10-14-7-4-8-21-14;/h3-9H,10-11,17H2,1-2H3,(H,18,19);1H. The van der Waals surface area contributed by atoms with Crippen LogP contribution in [-0.2, 0) is 6.61 Å². The molecule has 0 aliphatic carbocycles. The van der Waals surface area contributed by atoms with Crippen LogP contribution >= 0.6 is 23.7 Å². The minimum absolute atomic E-state index is 0. The van der Waals surface area contributed by atoms with Crippen molar-refractivity contribution < 1.29 is 9.53 Å². The van der Waals surface area contributed by atoms with Crippen molar-refractivity contribution in [1.82, 2.24) is 5.32 Å². The fourth-order valence-electron chi connectivity index (χ4n) is 1.71. The molecule has 0 radical (unpaired) electrons. The summed E-state index contributed by atoms with van der Waals surface area (Å²) in [6, 6.07) is 11.2. The summed E-state index contributed by atoms with van der Waals surface area (Å²) in [6.45, 7) is 4.68. The summed E-state index contributed by atoms with van der Waals surface area (Å²) in [7, 11) is 0. The highest BCUT2D eigenvalue weighted by atomic mass is 35.5. The van der Waals surface area contributed by atoms with Crippen LogP contribution in [0.1, 0.15) is 29.1 Å². The van der Waals surface area contributed by atoms with Crippen molar-refractivity contribution in [3.8, 4) is 5.75 Å². The van der Waals surface area contributed by atoms with Gasteiger partial charge in [-0.1, -0.05) is 12.1 Å². The van der Waals surface area contributed by atoms with E-state index in [1.54, 1.807) is 23.5 Å². The number of carbonyl (C=O) groups is 1. The van der Waals surface area contributed by atoms with Gasteiger partial charge in [0, 0.05) is 22.5 Å². The zero-order chi connectivity index (χ0) is 15.3. The Morgan fingerprint density at radius 1 is 1.32 bits per heavy atom. The number of amides is 1. The van der Waals surface area contributed by atoms with Crippen LogP contribution in [0.15, 0.2) is 41.8 Å². The number of ether oxygens (including phenoxy) is 1. The lowest BCUT2D eigenvalue weighted by molar-refractivity contribution is 0.0915. The molecule has 0 aliphatic rings. The fraction of sp³-hybridized carbons (Fsp3) is 0.312. The van der Waals surface area contributed by atoms with Crippen LogP contribution in [0.25, 0.3) is 0 Å². The summed E-state index contributed by atoms with van der Waals surface area (Å²) >= 11 is 1.65. The van der Waals surface area contributed by atoms with Gasteiger partial charge in [0.05, 0.1) is 0 Å². The van der Waals surface area contributed by atoms with Crippen molar-refractivity contribution in [3.05, 3.63) is 52.2 Å². The molecule has 120 valence electrons. The normalized spacial score (nSPS) is 10.7. The molecule has 2 aromatic rings. The number of rotatable bonds is 6. The summed E-state index contributed by atoms with van der Waals surface area (Å²) < 4.78 is 5.70. The molecule has 1 heterocycles. The quantitative estimate of drug-likeness (QED) is 0.848. The van der Waals surface area contributed by atoms with Gasteiger partial charge in [-0.2, -0.15) is 0 Å². The van der Waals surface area contributed by atoms with Crippen molar-refractivity contribution in [1.29, 1.82) is 0 Å². The highest BCUT2D eigenvalue weighted by Crippen LogP contribution is 2.17. The Morgan fingerprint density at radius 3 is 2.73 bits per heavy atom. The van der Waals surface area contributed by atoms with E-state index in [0.717, 1.165) is 4.88 Å². The summed E-state index contributed by atoms with van der Waals surface area (Å²) in [5, 5.41) is 4.91. The van der Waals surface area contributed by atoms with Gasteiger partial charge in [0.25, 0.3) is 5.91 Å². The maximum absolute atomic E-state index is 12.2. The maximum Gasteiger partial charge on any atom is 0.251 e. The van der Waals surface area contributed by atoms with Gasteiger partial charge < -0.3 is 15.8 Å². The van der Waals surface area contributed by atoms with Crippen LogP contribution < -0.4 is 15.8 Å². The Kier molecular flexibility index (Phi) is 6.87. The smallest absolute Gasteiger partial charge is 0.251 e. The van der Waals surface area contributed by atoms with E-state index >= 15 is 0 Å². The number of benzene rings is 1. The van der Waals surface area contributed by atoms with Gasteiger partial charge >= 0.3 is 0 Å². The Hall–Kier alpha value is -1.56. The zero-order valence-electron chi connectivity index (χ0n) is 12.7. The van der Waals surface area contributed by atoms with Gasteiger partial charge in [0.1, 0.15) is 12.4 Å². The molecule has 1 aromatic heterocycles. The average Bonchev–Trinajstić information content (AvgIpc) is 2.98. The molecule has 0 saturated heterocycles. The van der Waals surface area contributed by atoms with Crippen LogP contribution in [0.5, 0.6) is 5.75 Å². The number of thiophene rings is 1. The molecule has 0 atom stereocenters. The zero-order valence-corrected chi connectivity index (χ0v) is 14.3. The van der Waals surface area contributed by atoms with Crippen molar-refractivity contribution in [2.24, 2.45) is 5.73 Å². The predicted molar refractivity (Wildman–Crippen MR) is 92.9 cm³/mol. The summed E-state index contributed by atoms with van der Waals surface area (Å²) in [5.74, 6) is 0.536. The summed E-state index contributed by atoms with van der Waals surface area (Å²) in [5.41, 5.74) is 5.77. The minimum atomic E-state index is -0.426. The first-order valence-electron chi connectivity index (χ1n) is 6.78. The Labute approximate surface area is 141 Å². The number of nitrogens with two attached hydrogens (primary N) is 1. The van der Waals surface area contributed by atoms with Crippen molar-refractivity contribution in [3.63, 3.8) is 0 Å². The van der Waals surface area contributed by atoms with Crippen molar-refractivity contribution >= 4 is 29.7 Å². The van der Waals surface area contributed by atoms with E-state index < -0.39 is 5.54 Å². The van der Waals surface area contributed by atoms with Crippen LogP contribution in [0, 0.1) is 0 Å². The molecular weight excluding hydrogens is 320 g/mol. The maximum atomic E-state index is 12.2. The van der Waals surface area contributed by atoms with Crippen LogP contribution in [0.3, 0.4) is 0 Å². The van der Waals surface area contributed by atoms with Crippen LogP contribution in [0.4, 0.5) is 0 Å². The lowest BCUT2D eigenvalue weighted by Crippen LogP contribution is -2.48. The fourth-order valence-corrected chi connectivity index (χ4v) is 2.32. The summed E-state index contributed by atoms with van der Waals surface area (Å²) in [4.78, 5) is 13.3. The van der Waals surface area contributed by atoms with Crippen molar-refractivity contribution in [2.45, 2.75) is 26.0 Å². The lowest BCUT2D eigenvalue weighted by Gasteiger charge is -2.24. The van der Waals surface area contributed by atoms with E-state index in [9.17, 15) is 4.79 Å². The topological polar surface area (TPSA) is 64.3 Å². The molecule has 3 N–H and O–H groups in total. The van der Waals surface area contributed by atoms with Gasteiger partial charge in [-0.05, 0) is 43.5 Å². The van der Waals surface area contributed by atoms with E-state index in [0.29, 0.717) is 24.5 Å². The largest absolute Gasteiger partial charge is 0.488 e. The third-order valence-electron chi connectivity index (χ3n) is 3.02. The molecule has 1 aromatic carbocycles. The first-order valence-corrected chi connectivity index (χ1v) is 7.66. The van der Waals surface area contributed by atoms with E-state index in [2.05, 4.69) is 5.32 Å². The first-order chi connectivity index (χ1) is 10.00. The average molecular weight is 341 g/mol. The van der Waals surface area contributed by atoms with E-state index in [1.807, 2.05) is 43.5 Å². The second kappa shape index (κ2) is 8.17. The molecule has 0 fully saturated rings. The molecule has 0 saturated carbocycles. The minimum Gasteiger partial charge on any atom is -0.488 e. The number of hydrogen-bond donors (Lipinski definition) is 2. The molecule has 1 amide bonds. The van der Waals surface area contributed by atoms with E-state index in [-0.39, 0.29) is 18.3 Å². The molecule has 0 bridgehead atoms. The molecule has 0 unspecified atom stereocenters. The Bertz CT molecular complexity index is 600. The molecule has 0 spiro atoms. The Balaban J connectivity index is 0.00000242. The predicted octanol–water partition coefficient (Wildman–Crippen LogP) is 3.22. The number of nitrogens with one attached hydrogen (secondary N) is 1. The second-order valence-electron chi connectivity index (χ2n) is 5.44. The van der Waals surface area contributed by atoms with Crippen LogP contribution in [-0.4, -0.2) is 18.0 Å². The molecule has 22 heavy (non-hydrogen) atoms. The van der Waals surface area contributed by atoms with Gasteiger partial charge in [-0.25, -0.2) is 0 Å². The highest BCUT2D eigenvalue weighted by molar-refractivity contribution is 7.09. The number of hydrogen-bond acceptors (Lipinski definition) is 4. The Morgan fingerprint density at radius 2 is 2.09 bits per heavy atom. The molecular formula is C16H21ClN2O2S. The molecule has 4 nitrogen and oxygen atoms in total. The SMILES string of the molecule is CC(C)(CN)NC(=O)c1cccc(OCc2cccs2)c1.Cl. The monoisotopic (exact) mass is 340 g/mol. The first kappa shape index (κ1) is 18.5. The van der Waals surface area contributed by atoms with E-state index in [4.69, 9.17) is 10.5 Å². The second-order valence-corrected chi connectivity index (χ2v) is 6.47. The molecule has 2 rings (SSSR count). The third kappa shape index (κ3) is 5.33. The molecule has 0 aliphatic heterocycles. The van der Waals surface area contributed by atoms with Gasteiger partial charge in [0.15, 0.2) is 0 Å². The number of carbonyl (C=O) groups excluding carboxylic acids is 1. The summed E-state index contributed by atoms with van der Waals surface area (Å²) in [6.07, 6.45) is 0. The third-order valence-corrected chi connectivity index (χ3v) is 3.87. The van der Waals surface area contributed by atoms with Gasteiger partial charge in [-0.3, -0.25) is 4.79 Å². The van der Waals surface area contributed by atoms with Gasteiger partial charge in [-0.15, -0.1) is 23.7 Å². The lowest BCUT2D eigenvalue weighted by atomic mass is 10.1. The van der Waals surface area contributed by atoms with E-state index in [1.165, 1.54) is 0 Å². The van der Waals surface area contributed by atoms with Crippen molar-refractivity contribution in [2.75, 3.05) is 6.54 Å².